The van der Waals surface area contributed by atoms with Crippen molar-refractivity contribution in [2.24, 2.45) is 0 Å². The van der Waals surface area contributed by atoms with Crippen molar-refractivity contribution in [3.05, 3.63) is 41.1 Å². The molecule has 4 heteroatoms. The maximum Gasteiger partial charge on any atom is 0.253 e. The predicted molar refractivity (Wildman–Crippen MR) is 77.7 cm³/mol. The highest BCUT2D eigenvalue weighted by Crippen LogP contribution is 2.25. The summed E-state index contributed by atoms with van der Waals surface area (Å²) in [5, 5.41) is 4.06. The third-order valence-electron chi connectivity index (χ3n) is 3.65. The van der Waals surface area contributed by atoms with Crippen LogP contribution >= 0.6 is 0 Å². The number of amides is 1. The summed E-state index contributed by atoms with van der Waals surface area (Å²) in [5.74, 6) is -0.0321. The third-order valence-corrected chi connectivity index (χ3v) is 3.65. The number of rotatable bonds is 4. The van der Waals surface area contributed by atoms with Gasteiger partial charge in [0.25, 0.3) is 5.91 Å². The SMILES string of the molecule is COCc1nc2ccccc2c(C)c1C(=O)NC1CC1. The second-order valence-electron chi connectivity index (χ2n) is 5.26. The lowest BCUT2D eigenvalue weighted by Crippen LogP contribution is -2.28. The zero-order valence-corrected chi connectivity index (χ0v) is 11.8. The van der Waals surface area contributed by atoms with Crippen LogP contribution in [-0.4, -0.2) is 24.0 Å². The number of benzene rings is 1. The van der Waals surface area contributed by atoms with Gasteiger partial charge in [-0.25, -0.2) is 4.98 Å². The molecule has 2 aromatic rings. The van der Waals surface area contributed by atoms with Crippen molar-refractivity contribution in [2.75, 3.05) is 7.11 Å². The van der Waals surface area contributed by atoms with E-state index in [2.05, 4.69) is 10.3 Å². The number of nitrogens with zero attached hydrogens (tertiary/aromatic N) is 1. The number of carbonyl (C=O) groups is 1. The summed E-state index contributed by atoms with van der Waals surface area (Å²) in [6.07, 6.45) is 2.15. The Balaban J connectivity index is 2.12. The molecule has 3 rings (SSSR count). The van der Waals surface area contributed by atoms with Gasteiger partial charge in [0.1, 0.15) is 0 Å². The minimum Gasteiger partial charge on any atom is -0.378 e. The number of pyridine rings is 1. The van der Waals surface area contributed by atoms with Gasteiger partial charge in [0, 0.05) is 18.5 Å². The summed E-state index contributed by atoms with van der Waals surface area (Å²) >= 11 is 0. The number of fused-ring (bicyclic) bond motifs is 1. The van der Waals surface area contributed by atoms with Crippen molar-refractivity contribution in [1.29, 1.82) is 0 Å². The molecule has 104 valence electrons. The summed E-state index contributed by atoms with van der Waals surface area (Å²) in [6.45, 7) is 2.32. The van der Waals surface area contributed by atoms with Gasteiger partial charge in [0.15, 0.2) is 0 Å². The van der Waals surface area contributed by atoms with Gasteiger partial charge in [0.2, 0.25) is 0 Å². The highest BCUT2D eigenvalue weighted by atomic mass is 16.5. The topological polar surface area (TPSA) is 51.2 Å². The average molecular weight is 270 g/mol. The maximum absolute atomic E-state index is 12.4. The molecule has 1 aliphatic rings. The van der Waals surface area contributed by atoms with E-state index in [-0.39, 0.29) is 5.91 Å². The zero-order chi connectivity index (χ0) is 14.1. The number of hydrogen-bond donors (Lipinski definition) is 1. The van der Waals surface area contributed by atoms with Gasteiger partial charge in [-0.2, -0.15) is 0 Å². The number of aromatic nitrogens is 1. The van der Waals surface area contributed by atoms with Crippen LogP contribution in [0.2, 0.25) is 0 Å². The van der Waals surface area contributed by atoms with Crippen LogP contribution in [0.15, 0.2) is 24.3 Å². The Kier molecular flexibility index (Phi) is 3.40. The van der Waals surface area contributed by atoms with E-state index in [0.717, 1.165) is 29.3 Å². The van der Waals surface area contributed by atoms with Crippen LogP contribution in [0, 0.1) is 6.92 Å². The molecule has 0 radical (unpaired) electrons. The van der Waals surface area contributed by atoms with Crippen molar-refractivity contribution in [2.45, 2.75) is 32.4 Å². The normalized spacial score (nSPS) is 14.5. The molecule has 1 fully saturated rings. The zero-order valence-electron chi connectivity index (χ0n) is 11.8. The summed E-state index contributed by atoms with van der Waals surface area (Å²) in [5.41, 5.74) is 3.25. The number of hydrogen-bond acceptors (Lipinski definition) is 3. The van der Waals surface area contributed by atoms with Gasteiger partial charge in [-0.3, -0.25) is 4.79 Å². The summed E-state index contributed by atoms with van der Waals surface area (Å²) in [4.78, 5) is 17.0. The van der Waals surface area contributed by atoms with Crippen LogP contribution in [0.3, 0.4) is 0 Å². The molecule has 1 amide bonds. The van der Waals surface area contributed by atoms with Gasteiger partial charge < -0.3 is 10.1 Å². The molecule has 0 unspecified atom stereocenters. The van der Waals surface area contributed by atoms with Gasteiger partial charge in [-0.05, 0) is 31.4 Å². The summed E-state index contributed by atoms with van der Waals surface area (Å²) in [7, 11) is 1.62. The Morgan fingerprint density at radius 1 is 1.40 bits per heavy atom. The predicted octanol–water partition coefficient (Wildman–Crippen LogP) is 2.58. The Labute approximate surface area is 118 Å². The lowest BCUT2D eigenvalue weighted by atomic mass is 10.0. The van der Waals surface area contributed by atoms with Crippen molar-refractivity contribution in [1.82, 2.24) is 10.3 Å². The quantitative estimate of drug-likeness (QED) is 0.929. The number of carbonyl (C=O) groups excluding carboxylic acids is 1. The number of aryl methyl sites for hydroxylation is 1. The standard InChI is InChI=1S/C16H18N2O2/c1-10-12-5-3-4-6-13(12)18-14(9-20-2)15(10)16(19)17-11-7-8-11/h3-6,11H,7-9H2,1-2H3,(H,17,19). The van der Waals surface area contributed by atoms with Crippen LogP contribution in [-0.2, 0) is 11.3 Å². The van der Waals surface area contributed by atoms with Gasteiger partial charge in [0.05, 0.1) is 23.4 Å². The lowest BCUT2D eigenvalue weighted by Gasteiger charge is -2.14. The Morgan fingerprint density at radius 2 is 2.15 bits per heavy atom. The maximum atomic E-state index is 12.4. The molecular weight excluding hydrogens is 252 g/mol. The first-order valence-electron chi connectivity index (χ1n) is 6.88. The molecule has 1 aromatic heterocycles. The molecule has 0 aliphatic heterocycles. The summed E-state index contributed by atoms with van der Waals surface area (Å²) in [6, 6.07) is 8.22. The minimum absolute atomic E-state index is 0.0321. The molecule has 20 heavy (non-hydrogen) atoms. The largest absolute Gasteiger partial charge is 0.378 e. The van der Waals surface area contributed by atoms with E-state index in [1.54, 1.807) is 7.11 Å². The van der Waals surface area contributed by atoms with Gasteiger partial charge >= 0.3 is 0 Å². The molecule has 1 N–H and O–H groups in total. The number of para-hydroxylation sites is 1. The Morgan fingerprint density at radius 3 is 2.85 bits per heavy atom. The first-order valence-corrected chi connectivity index (χ1v) is 6.88. The van der Waals surface area contributed by atoms with E-state index in [4.69, 9.17) is 4.74 Å². The molecule has 0 saturated heterocycles. The first kappa shape index (κ1) is 13.1. The third kappa shape index (κ3) is 2.39. The molecule has 1 aliphatic carbocycles. The molecule has 4 nitrogen and oxygen atoms in total. The highest BCUT2D eigenvalue weighted by molar-refractivity contribution is 6.01. The second-order valence-corrected chi connectivity index (χ2v) is 5.26. The van der Waals surface area contributed by atoms with Crippen molar-refractivity contribution in [3.63, 3.8) is 0 Å². The Bertz CT molecular complexity index is 663. The van der Waals surface area contributed by atoms with Gasteiger partial charge in [-0.15, -0.1) is 0 Å². The molecule has 0 spiro atoms. The van der Waals surface area contributed by atoms with Crippen molar-refractivity contribution in [3.8, 4) is 0 Å². The van der Waals surface area contributed by atoms with Crippen LogP contribution in [0.5, 0.6) is 0 Å². The van der Waals surface area contributed by atoms with E-state index >= 15 is 0 Å². The fraction of sp³-hybridized carbons (Fsp3) is 0.375. The van der Waals surface area contributed by atoms with E-state index in [0.29, 0.717) is 23.9 Å². The van der Waals surface area contributed by atoms with E-state index in [9.17, 15) is 4.79 Å². The highest BCUT2D eigenvalue weighted by Gasteiger charge is 2.26. The molecule has 1 saturated carbocycles. The number of methoxy groups -OCH3 is 1. The van der Waals surface area contributed by atoms with Crippen LogP contribution in [0.1, 0.15) is 34.5 Å². The molecule has 0 atom stereocenters. The molecule has 1 aromatic carbocycles. The first-order chi connectivity index (χ1) is 9.70. The van der Waals surface area contributed by atoms with E-state index < -0.39 is 0 Å². The smallest absolute Gasteiger partial charge is 0.253 e. The average Bonchev–Trinajstić information content (AvgIpc) is 3.23. The number of nitrogens with one attached hydrogen (secondary N) is 1. The van der Waals surface area contributed by atoms with Crippen LogP contribution in [0.25, 0.3) is 10.9 Å². The van der Waals surface area contributed by atoms with E-state index in [1.807, 2.05) is 31.2 Å². The monoisotopic (exact) mass is 270 g/mol. The van der Waals surface area contributed by atoms with Crippen LogP contribution < -0.4 is 5.32 Å². The fourth-order valence-corrected chi connectivity index (χ4v) is 2.47. The fourth-order valence-electron chi connectivity index (χ4n) is 2.47. The van der Waals surface area contributed by atoms with Gasteiger partial charge in [-0.1, -0.05) is 18.2 Å². The lowest BCUT2D eigenvalue weighted by molar-refractivity contribution is 0.0944. The Hall–Kier alpha value is -1.94. The van der Waals surface area contributed by atoms with Crippen LogP contribution in [0.4, 0.5) is 0 Å². The summed E-state index contributed by atoms with van der Waals surface area (Å²) < 4.78 is 5.20. The molecular formula is C16H18N2O2. The van der Waals surface area contributed by atoms with Crippen molar-refractivity contribution >= 4 is 16.8 Å². The minimum atomic E-state index is -0.0321. The molecule has 1 heterocycles. The van der Waals surface area contributed by atoms with E-state index in [1.165, 1.54) is 0 Å². The second kappa shape index (κ2) is 5.21. The molecule has 0 bridgehead atoms. The van der Waals surface area contributed by atoms with Crippen molar-refractivity contribution < 1.29 is 9.53 Å². The number of ether oxygens (including phenoxy) is 1.